The minimum absolute atomic E-state index is 0.102. The Kier molecular flexibility index (Phi) is 6.29. The summed E-state index contributed by atoms with van der Waals surface area (Å²) in [5.41, 5.74) is 0.890. The molecule has 0 saturated heterocycles. The van der Waals surface area contributed by atoms with Gasteiger partial charge in [0.05, 0.1) is 16.7 Å². The van der Waals surface area contributed by atoms with Crippen LogP contribution in [0.25, 0.3) is 10.1 Å². The van der Waals surface area contributed by atoms with Crippen molar-refractivity contribution in [3.63, 3.8) is 0 Å². The smallest absolute Gasteiger partial charge is 0.269 e. The van der Waals surface area contributed by atoms with Gasteiger partial charge in [0.15, 0.2) is 0 Å². The fourth-order valence-electron chi connectivity index (χ4n) is 2.88. The average Bonchev–Trinajstić information content (AvgIpc) is 3.03. The van der Waals surface area contributed by atoms with Gasteiger partial charge in [-0.1, -0.05) is 49.6 Å². The van der Waals surface area contributed by atoms with E-state index < -0.39 is 6.04 Å². The van der Waals surface area contributed by atoms with Gasteiger partial charge in [-0.05, 0) is 42.7 Å². The summed E-state index contributed by atoms with van der Waals surface area (Å²) < 4.78 is 8.05. The van der Waals surface area contributed by atoms with Crippen molar-refractivity contribution >= 4 is 27.5 Å². The van der Waals surface area contributed by atoms with Crippen LogP contribution in [0.2, 0.25) is 0 Å². The number of nitrogens with zero attached hydrogens (tertiary/aromatic N) is 1. The van der Waals surface area contributed by atoms with Crippen LogP contribution in [0.5, 0.6) is 5.75 Å². The quantitative estimate of drug-likeness (QED) is 0.635. The third kappa shape index (κ3) is 4.39. The largest absolute Gasteiger partial charge is 0.494 e. The predicted octanol–water partition coefficient (Wildman–Crippen LogP) is 4.12. The Balaban J connectivity index is 1.68. The maximum absolute atomic E-state index is 12.7. The van der Waals surface area contributed by atoms with Crippen LogP contribution in [0.1, 0.15) is 38.3 Å². The Bertz CT molecular complexity index is 959. The Labute approximate surface area is 162 Å². The summed E-state index contributed by atoms with van der Waals surface area (Å²) in [6, 6.07) is 14.7. The number of ether oxygens (including phenoxy) is 1. The third-order valence-corrected chi connectivity index (χ3v) is 5.52. The zero-order valence-electron chi connectivity index (χ0n) is 15.6. The van der Waals surface area contributed by atoms with Crippen LogP contribution in [0, 0.1) is 0 Å². The van der Waals surface area contributed by atoms with Crippen molar-refractivity contribution in [2.45, 2.75) is 39.3 Å². The highest BCUT2D eigenvalue weighted by atomic mass is 32.1. The van der Waals surface area contributed by atoms with E-state index in [2.05, 4.69) is 12.2 Å². The maximum atomic E-state index is 12.7. The molecule has 0 unspecified atom stereocenters. The second-order valence-electron chi connectivity index (χ2n) is 6.35. The van der Waals surface area contributed by atoms with Crippen molar-refractivity contribution in [3.8, 4) is 5.75 Å². The predicted molar refractivity (Wildman–Crippen MR) is 109 cm³/mol. The lowest BCUT2D eigenvalue weighted by atomic mass is 10.2. The Morgan fingerprint density at radius 2 is 1.89 bits per heavy atom. The van der Waals surface area contributed by atoms with Gasteiger partial charge in [0.2, 0.25) is 5.91 Å². The van der Waals surface area contributed by atoms with Crippen molar-refractivity contribution in [3.05, 3.63) is 64.4 Å². The summed E-state index contributed by atoms with van der Waals surface area (Å²) in [5, 5.41) is 3.61. The van der Waals surface area contributed by atoms with Gasteiger partial charge in [-0.3, -0.25) is 13.5 Å². The summed E-state index contributed by atoms with van der Waals surface area (Å²) in [6.07, 6.45) is 1.52. The fourth-order valence-corrected chi connectivity index (χ4v) is 4.04. The molecule has 3 rings (SSSR count). The molecule has 0 aliphatic heterocycles. The molecule has 0 saturated carbocycles. The minimum Gasteiger partial charge on any atom is -0.494 e. The van der Waals surface area contributed by atoms with Gasteiger partial charge in [-0.15, -0.1) is 0 Å². The Morgan fingerprint density at radius 3 is 2.56 bits per heavy atom. The molecule has 0 spiro atoms. The van der Waals surface area contributed by atoms with E-state index in [1.807, 2.05) is 49.4 Å². The molecule has 1 amide bonds. The molecule has 0 radical (unpaired) electrons. The van der Waals surface area contributed by atoms with Gasteiger partial charge >= 0.3 is 0 Å². The van der Waals surface area contributed by atoms with E-state index in [4.69, 9.17) is 4.74 Å². The molecule has 27 heavy (non-hydrogen) atoms. The van der Waals surface area contributed by atoms with Crippen LogP contribution in [0.15, 0.2) is 53.3 Å². The molecule has 0 fully saturated rings. The standard InChI is InChI=1S/C21H24N2O3S/c1-3-13-26-16-11-9-15(10-12-16)14-22-20(24)18(4-2)23-21(25)17-7-5-6-8-19(17)27-23/h5-12,18H,3-4,13-14H2,1-2H3,(H,22,24)/t18-/m1/s1. The first-order valence-corrected chi connectivity index (χ1v) is 10.0. The van der Waals surface area contributed by atoms with Crippen LogP contribution in [-0.4, -0.2) is 16.5 Å². The second-order valence-corrected chi connectivity index (χ2v) is 7.37. The van der Waals surface area contributed by atoms with Crippen molar-refractivity contribution in [1.82, 2.24) is 9.27 Å². The van der Waals surface area contributed by atoms with E-state index in [-0.39, 0.29) is 11.5 Å². The average molecular weight is 385 g/mol. The number of amides is 1. The SMILES string of the molecule is CCCOc1ccc(CNC(=O)[C@@H](CC)n2sc3ccccc3c2=O)cc1. The van der Waals surface area contributed by atoms with E-state index >= 15 is 0 Å². The fraction of sp³-hybridized carbons (Fsp3) is 0.333. The first kappa shape index (κ1) is 19.2. The monoisotopic (exact) mass is 384 g/mol. The van der Waals surface area contributed by atoms with Crippen molar-refractivity contribution < 1.29 is 9.53 Å². The van der Waals surface area contributed by atoms with Gasteiger partial charge in [0.1, 0.15) is 11.8 Å². The van der Waals surface area contributed by atoms with Gasteiger partial charge in [-0.2, -0.15) is 0 Å². The summed E-state index contributed by atoms with van der Waals surface area (Å²) in [7, 11) is 0. The highest BCUT2D eigenvalue weighted by Gasteiger charge is 2.22. The zero-order chi connectivity index (χ0) is 19.2. The number of hydrogen-bond donors (Lipinski definition) is 1. The van der Waals surface area contributed by atoms with Gasteiger partial charge in [0, 0.05) is 6.54 Å². The van der Waals surface area contributed by atoms with E-state index in [0.29, 0.717) is 25.0 Å². The highest BCUT2D eigenvalue weighted by molar-refractivity contribution is 7.14. The van der Waals surface area contributed by atoms with E-state index in [1.54, 1.807) is 10.0 Å². The molecule has 1 atom stereocenters. The van der Waals surface area contributed by atoms with Crippen molar-refractivity contribution in [2.75, 3.05) is 6.61 Å². The maximum Gasteiger partial charge on any atom is 0.269 e. The molecule has 0 bridgehead atoms. The van der Waals surface area contributed by atoms with Crippen LogP contribution in [0.4, 0.5) is 0 Å². The van der Waals surface area contributed by atoms with E-state index in [9.17, 15) is 9.59 Å². The molecule has 1 N–H and O–H groups in total. The molecule has 1 aromatic heterocycles. The highest BCUT2D eigenvalue weighted by Crippen LogP contribution is 2.21. The van der Waals surface area contributed by atoms with Crippen LogP contribution < -0.4 is 15.6 Å². The minimum atomic E-state index is -0.498. The number of rotatable bonds is 8. The molecular formula is C21H24N2O3S. The number of hydrogen-bond acceptors (Lipinski definition) is 4. The number of benzene rings is 2. The molecule has 0 aliphatic carbocycles. The third-order valence-electron chi connectivity index (χ3n) is 4.35. The normalized spacial score (nSPS) is 12.1. The number of carbonyl (C=O) groups is 1. The lowest BCUT2D eigenvalue weighted by molar-refractivity contribution is -0.124. The molecule has 2 aromatic carbocycles. The molecule has 1 heterocycles. The van der Waals surface area contributed by atoms with Crippen molar-refractivity contribution in [2.24, 2.45) is 0 Å². The number of aromatic nitrogens is 1. The van der Waals surface area contributed by atoms with E-state index in [1.165, 1.54) is 11.5 Å². The van der Waals surface area contributed by atoms with Crippen molar-refractivity contribution in [1.29, 1.82) is 0 Å². The first-order chi connectivity index (χ1) is 13.1. The lowest BCUT2D eigenvalue weighted by Crippen LogP contribution is -2.34. The summed E-state index contributed by atoms with van der Waals surface area (Å²) in [4.78, 5) is 25.3. The Morgan fingerprint density at radius 1 is 1.15 bits per heavy atom. The second kappa shape index (κ2) is 8.86. The molecule has 142 valence electrons. The molecular weight excluding hydrogens is 360 g/mol. The molecule has 5 nitrogen and oxygen atoms in total. The number of nitrogens with one attached hydrogen (secondary N) is 1. The summed E-state index contributed by atoms with van der Waals surface area (Å²) in [5.74, 6) is 0.688. The van der Waals surface area contributed by atoms with Crippen LogP contribution >= 0.6 is 11.5 Å². The number of carbonyl (C=O) groups excluding carboxylic acids is 1. The zero-order valence-corrected chi connectivity index (χ0v) is 16.4. The summed E-state index contributed by atoms with van der Waals surface area (Å²) >= 11 is 1.34. The first-order valence-electron chi connectivity index (χ1n) is 9.24. The lowest BCUT2D eigenvalue weighted by Gasteiger charge is -2.15. The van der Waals surface area contributed by atoms with Gasteiger partial charge in [0.25, 0.3) is 5.56 Å². The topological polar surface area (TPSA) is 60.3 Å². The van der Waals surface area contributed by atoms with Gasteiger partial charge in [-0.25, -0.2) is 0 Å². The van der Waals surface area contributed by atoms with E-state index in [0.717, 1.165) is 22.4 Å². The Hall–Kier alpha value is -2.60. The molecule has 3 aromatic rings. The number of fused-ring (bicyclic) bond motifs is 1. The molecule has 6 heteroatoms. The van der Waals surface area contributed by atoms with Crippen LogP contribution in [-0.2, 0) is 11.3 Å². The summed E-state index contributed by atoms with van der Waals surface area (Å²) in [6.45, 7) is 5.10. The van der Waals surface area contributed by atoms with Gasteiger partial charge < -0.3 is 10.1 Å². The molecule has 0 aliphatic rings. The van der Waals surface area contributed by atoms with Crippen LogP contribution in [0.3, 0.4) is 0 Å².